The first-order valence-corrected chi connectivity index (χ1v) is 5.62. The predicted octanol–water partition coefficient (Wildman–Crippen LogP) is 2.93. The van der Waals surface area contributed by atoms with Crippen molar-refractivity contribution in [3.8, 4) is 11.8 Å². The quantitative estimate of drug-likeness (QED) is 0.836. The molecule has 0 spiro atoms. The molecule has 0 unspecified atom stereocenters. The minimum Gasteiger partial charge on any atom is -0.503 e. The van der Waals surface area contributed by atoms with E-state index < -0.39 is 34.7 Å². The molecule has 0 fully saturated rings. The Morgan fingerprint density at radius 2 is 1.86 bits per heavy atom. The van der Waals surface area contributed by atoms with Crippen LogP contribution in [0, 0.1) is 28.8 Å². The summed E-state index contributed by atoms with van der Waals surface area (Å²) in [4.78, 5) is 11.9. The minimum atomic E-state index is -1.78. The minimum absolute atomic E-state index is 0.0774. The van der Waals surface area contributed by atoms with Crippen LogP contribution in [-0.2, 0) is 0 Å². The topological polar surface area (TPSA) is 73.1 Å². The summed E-state index contributed by atoms with van der Waals surface area (Å²) in [6.45, 7) is 0. The number of aromatic hydroxyl groups is 1. The lowest BCUT2D eigenvalue weighted by molar-refractivity contribution is 0.102. The number of para-hydroxylation sites is 1. The van der Waals surface area contributed by atoms with Crippen LogP contribution in [0.4, 0.5) is 18.9 Å². The molecule has 0 aromatic heterocycles. The fourth-order valence-electron chi connectivity index (χ4n) is 1.63. The van der Waals surface area contributed by atoms with Gasteiger partial charge in [0.25, 0.3) is 5.91 Å². The summed E-state index contributed by atoms with van der Waals surface area (Å²) in [6, 6.07) is 8.01. The summed E-state index contributed by atoms with van der Waals surface area (Å²) in [5.74, 6) is -7.62. The number of phenolic OH excluding ortho intramolecular Hbond substituents is 1. The number of benzene rings is 2. The van der Waals surface area contributed by atoms with Crippen molar-refractivity contribution >= 4 is 11.6 Å². The van der Waals surface area contributed by atoms with Crippen molar-refractivity contribution in [2.75, 3.05) is 5.32 Å². The van der Waals surface area contributed by atoms with Gasteiger partial charge in [-0.1, -0.05) is 12.1 Å². The lowest BCUT2D eigenvalue weighted by Gasteiger charge is -2.09. The molecule has 2 aromatic rings. The van der Waals surface area contributed by atoms with E-state index in [1.54, 1.807) is 12.1 Å². The molecule has 2 N–H and O–H groups in total. The van der Waals surface area contributed by atoms with Crippen LogP contribution < -0.4 is 5.32 Å². The summed E-state index contributed by atoms with van der Waals surface area (Å²) in [5.41, 5.74) is -0.689. The predicted molar refractivity (Wildman–Crippen MR) is 67.1 cm³/mol. The number of halogens is 3. The maximum Gasteiger partial charge on any atom is 0.258 e. The molecule has 21 heavy (non-hydrogen) atoms. The fourth-order valence-corrected chi connectivity index (χ4v) is 1.63. The highest BCUT2D eigenvalue weighted by molar-refractivity contribution is 6.05. The van der Waals surface area contributed by atoms with Crippen molar-refractivity contribution in [3.05, 3.63) is 58.9 Å². The smallest absolute Gasteiger partial charge is 0.258 e. The molecule has 1 amide bonds. The Morgan fingerprint density at radius 3 is 2.52 bits per heavy atom. The van der Waals surface area contributed by atoms with Gasteiger partial charge in [-0.2, -0.15) is 9.65 Å². The number of rotatable bonds is 2. The van der Waals surface area contributed by atoms with Gasteiger partial charge >= 0.3 is 0 Å². The van der Waals surface area contributed by atoms with Gasteiger partial charge in [0, 0.05) is 0 Å². The normalized spacial score (nSPS) is 10.0. The lowest BCUT2D eigenvalue weighted by Crippen LogP contribution is -2.15. The second kappa shape index (κ2) is 5.54. The molecule has 7 heteroatoms. The maximum atomic E-state index is 13.6. The highest BCUT2D eigenvalue weighted by atomic mass is 19.2. The van der Waals surface area contributed by atoms with Crippen LogP contribution in [-0.4, -0.2) is 11.0 Å². The molecular formula is C14H7F3N2O2. The number of carbonyl (C=O) groups excluding carboxylic acids is 1. The zero-order chi connectivity index (χ0) is 15.6. The Hall–Kier alpha value is -3.01. The third kappa shape index (κ3) is 2.65. The van der Waals surface area contributed by atoms with Crippen LogP contribution in [0.3, 0.4) is 0 Å². The van der Waals surface area contributed by atoms with E-state index in [0.717, 1.165) is 0 Å². The van der Waals surface area contributed by atoms with Crippen molar-refractivity contribution in [1.29, 1.82) is 5.26 Å². The zero-order valence-electron chi connectivity index (χ0n) is 10.3. The van der Waals surface area contributed by atoms with Gasteiger partial charge in [-0.05, 0) is 18.2 Å². The molecule has 0 radical (unpaired) electrons. The highest BCUT2D eigenvalue weighted by Crippen LogP contribution is 2.26. The number of nitrogens with zero attached hydrogens (tertiary/aromatic N) is 1. The van der Waals surface area contributed by atoms with Gasteiger partial charge < -0.3 is 10.4 Å². The number of phenols is 1. The van der Waals surface area contributed by atoms with Crippen LogP contribution in [0.1, 0.15) is 15.9 Å². The van der Waals surface area contributed by atoms with Crippen molar-refractivity contribution in [3.63, 3.8) is 0 Å². The van der Waals surface area contributed by atoms with Gasteiger partial charge in [-0.15, -0.1) is 0 Å². The molecule has 0 saturated carbocycles. The molecular weight excluding hydrogens is 285 g/mol. The second-order valence-electron chi connectivity index (χ2n) is 3.99. The largest absolute Gasteiger partial charge is 0.503 e. The fraction of sp³-hybridized carbons (Fsp3) is 0. The highest BCUT2D eigenvalue weighted by Gasteiger charge is 2.22. The summed E-state index contributed by atoms with van der Waals surface area (Å²) < 4.78 is 39.7. The summed E-state index contributed by atoms with van der Waals surface area (Å²) in [5, 5.41) is 20.1. The van der Waals surface area contributed by atoms with E-state index in [2.05, 4.69) is 5.32 Å². The molecule has 0 saturated heterocycles. The zero-order valence-corrected chi connectivity index (χ0v) is 10.3. The Kier molecular flexibility index (Phi) is 3.80. The lowest BCUT2D eigenvalue weighted by atomic mass is 10.1. The van der Waals surface area contributed by atoms with Gasteiger partial charge in [0.2, 0.25) is 5.82 Å². The number of hydrogen-bond donors (Lipinski definition) is 2. The molecule has 2 aromatic carbocycles. The average molecular weight is 292 g/mol. The Morgan fingerprint density at radius 1 is 1.19 bits per heavy atom. The van der Waals surface area contributed by atoms with Crippen molar-refractivity contribution in [2.24, 2.45) is 0 Å². The standard InChI is InChI=1S/C14H7F3N2O2/c15-9-5-8(11(16)13(20)12(9)17)14(21)19-10-4-2-1-3-7(10)6-18/h1-5,20H,(H,19,21). The molecule has 0 bridgehead atoms. The van der Waals surface area contributed by atoms with Crippen LogP contribution in [0.15, 0.2) is 30.3 Å². The number of carbonyl (C=O) groups is 1. The summed E-state index contributed by atoms with van der Waals surface area (Å²) in [6.07, 6.45) is 0. The van der Waals surface area contributed by atoms with Gasteiger partial charge in [-0.3, -0.25) is 4.79 Å². The number of amides is 1. The van der Waals surface area contributed by atoms with Crippen LogP contribution in [0.5, 0.6) is 5.75 Å². The van der Waals surface area contributed by atoms with Crippen molar-refractivity contribution < 1.29 is 23.1 Å². The number of nitrogens with one attached hydrogen (secondary N) is 1. The maximum absolute atomic E-state index is 13.6. The average Bonchev–Trinajstić information content (AvgIpc) is 2.49. The van der Waals surface area contributed by atoms with E-state index in [-0.39, 0.29) is 11.3 Å². The number of nitriles is 1. The number of anilines is 1. The van der Waals surface area contributed by atoms with Gasteiger partial charge in [-0.25, -0.2) is 8.78 Å². The van der Waals surface area contributed by atoms with Crippen LogP contribution in [0.25, 0.3) is 0 Å². The molecule has 106 valence electrons. The van der Waals surface area contributed by atoms with E-state index in [4.69, 9.17) is 10.4 Å². The first-order valence-electron chi connectivity index (χ1n) is 5.62. The Labute approximate surface area is 117 Å². The summed E-state index contributed by atoms with van der Waals surface area (Å²) >= 11 is 0. The van der Waals surface area contributed by atoms with E-state index in [0.29, 0.717) is 6.07 Å². The van der Waals surface area contributed by atoms with E-state index in [1.807, 2.05) is 0 Å². The molecule has 0 atom stereocenters. The van der Waals surface area contributed by atoms with Gasteiger partial charge in [0.1, 0.15) is 6.07 Å². The molecule has 2 rings (SSSR count). The Balaban J connectivity index is 2.40. The van der Waals surface area contributed by atoms with Crippen LogP contribution >= 0.6 is 0 Å². The van der Waals surface area contributed by atoms with E-state index in [1.165, 1.54) is 18.2 Å². The molecule has 0 aliphatic rings. The first-order chi connectivity index (χ1) is 9.95. The van der Waals surface area contributed by atoms with Crippen LogP contribution in [0.2, 0.25) is 0 Å². The molecule has 0 heterocycles. The number of hydrogen-bond acceptors (Lipinski definition) is 3. The van der Waals surface area contributed by atoms with Crippen molar-refractivity contribution in [2.45, 2.75) is 0 Å². The molecule has 0 aliphatic heterocycles. The monoisotopic (exact) mass is 292 g/mol. The van der Waals surface area contributed by atoms with Gasteiger partial charge in [0.05, 0.1) is 16.8 Å². The van der Waals surface area contributed by atoms with Gasteiger partial charge in [0.15, 0.2) is 17.4 Å². The van der Waals surface area contributed by atoms with Crippen molar-refractivity contribution in [1.82, 2.24) is 0 Å². The third-order valence-electron chi connectivity index (χ3n) is 2.67. The molecule has 4 nitrogen and oxygen atoms in total. The first kappa shape index (κ1) is 14.4. The third-order valence-corrected chi connectivity index (χ3v) is 2.67. The SMILES string of the molecule is N#Cc1ccccc1NC(=O)c1cc(F)c(F)c(O)c1F. The Bertz CT molecular complexity index is 770. The molecule has 0 aliphatic carbocycles. The second-order valence-corrected chi connectivity index (χ2v) is 3.99. The summed E-state index contributed by atoms with van der Waals surface area (Å²) in [7, 11) is 0. The van der Waals surface area contributed by atoms with E-state index in [9.17, 15) is 18.0 Å². The van der Waals surface area contributed by atoms with E-state index >= 15 is 0 Å².